The Hall–Kier alpha value is -3.66. The topological polar surface area (TPSA) is 134 Å². The van der Waals surface area contributed by atoms with Gasteiger partial charge in [0.25, 0.3) is 5.69 Å². The molecule has 2 aromatic heterocycles. The van der Waals surface area contributed by atoms with Crippen LogP contribution in [0.1, 0.15) is 77.7 Å². The predicted octanol–water partition coefficient (Wildman–Crippen LogP) is 6.16. The molecular weight excluding hydrogens is 552 g/mol. The zero-order valence-electron chi connectivity index (χ0n) is 25.4. The van der Waals surface area contributed by atoms with Gasteiger partial charge >= 0.3 is 0 Å². The lowest BCUT2D eigenvalue weighted by atomic mass is 10.1. The van der Waals surface area contributed by atoms with Crippen LogP contribution >= 0.6 is 0 Å². The van der Waals surface area contributed by atoms with Crippen LogP contribution in [0.4, 0.5) is 11.5 Å². The molecule has 1 aromatic carbocycles. The number of nitrogens with one attached hydrogen (secondary N) is 1. The van der Waals surface area contributed by atoms with Gasteiger partial charge in [0.15, 0.2) is 25.3 Å². The Morgan fingerprint density at radius 3 is 2.71 bits per heavy atom. The van der Waals surface area contributed by atoms with Gasteiger partial charge in [0.1, 0.15) is 18.3 Å². The Labute approximate surface area is 247 Å². The van der Waals surface area contributed by atoms with Crippen LogP contribution in [0.5, 0.6) is 0 Å². The number of nitro groups is 1. The van der Waals surface area contributed by atoms with Gasteiger partial charge in [-0.2, -0.15) is 0 Å². The van der Waals surface area contributed by atoms with Gasteiger partial charge in [0.05, 0.1) is 23.5 Å². The van der Waals surface area contributed by atoms with Crippen LogP contribution in [0, 0.1) is 22.0 Å². The molecule has 1 unspecified atom stereocenters. The van der Waals surface area contributed by atoms with Gasteiger partial charge in [-0.1, -0.05) is 39.5 Å². The molecule has 1 fully saturated rings. The van der Waals surface area contributed by atoms with Crippen molar-refractivity contribution in [3.05, 3.63) is 52.1 Å². The van der Waals surface area contributed by atoms with Crippen molar-refractivity contribution in [1.29, 1.82) is 0 Å². The summed E-state index contributed by atoms with van der Waals surface area (Å²) in [5.41, 5.74) is 2.13. The first kappa shape index (κ1) is 31.3. The Morgan fingerprint density at radius 1 is 1.29 bits per heavy atom. The molecule has 3 aromatic rings. The zero-order chi connectivity index (χ0) is 30.7. The standard InChI is InChI=1S/C30H40N6O5Si/c1-8-24-25(41-42(6,7)30(3,4)5)16-26(40-24)35-19-34-27-28(32-18-33-29(27)35)31-17-22-14-13-21(15-23(22)36(38)39)12-10-9-11-20(2)37/h13-15,18-19,24-26H,8-9,11,16-17H2,1-7H3,(H,31,32,33)/t24-,25?,26-/m1/s1. The zero-order valence-corrected chi connectivity index (χ0v) is 26.4. The van der Waals surface area contributed by atoms with Crippen LogP contribution in [0.25, 0.3) is 11.2 Å². The van der Waals surface area contributed by atoms with E-state index in [2.05, 4.69) is 72.9 Å². The summed E-state index contributed by atoms with van der Waals surface area (Å²) >= 11 is 0. The second kappa shape index (κ2) is 12.7. The van der Waals surface area contributed by atoms with Gasteiger partial charge in [-0.05, 0) is 43.6 Å². The van der Waals surface area contributed by atoms with Gasteiger partial charge in [-0.25, -0.2) is 15.0 Å². The number of nitrogens with zero attached hydrogens (tertiary/aromatic N) is 5. The molecule has 1 aliphatic heterocycles. The predicted molar refractivity (Wildman–Crippen MR) is 163 cm³/mol. The van der Waals surface area contributed by atoms with E-state index in [0.29, 0.717) is 47.4 Å². The van der Waals surface area contributed by atoms with E-state index in [1.165, 1.54) is 19.3 Å². The van der Waals surface area contributed by atoms with Crippen molar-refractivity contribution < 1.29 is 18.9 Å². The van der Waals surface area contributed by atoms with Crippen molar-refractivity contribution in [1.82, 2.24) is 19.5 Å². The number of anilines is 1. The number of nitro benzene ring substituents is 1. The number of carbonyl (C=O) groups is 1. The molecule has 224 valence electrons. The van der Waals surface area contributed by atoms with Crippen LogP contribution in [0.15, 0.2) is 30.9 Å². The molecule has 3 atom stereocenters. The van der Waals surface area contributed by atoms with Gasteiger partial charge in [0, 0.05) is 43.0 Å². The number of rotatable bonds is 10. The van der Waals surface area contributed by atoms with Crippen LogP contribution in [0.3, 0.4) is 0 Å². The SMILES string of the molecule is CC[C@H]1O[C@@H](n2cnc3c(NCc4ccc(C#CCCC(C)=O)cc4[N+](=O)[O-])ncnc32)CC1O[Si](C)(C)C(C)(C)C. The van der Waals surface area contributed by atoms with Gasteiger partial charge in [0.2, 0.25) is 0 Å². The average molecular weight is 593 g/mol. The van der Waals surface area contributed by atoms with Crippen LogP contribution < -0.4 is 5.32 Å². The number of hydrogen-bond donors (Lipinski definition) is 1. The number of hydrogen-bond acceptors (Lipinski definition) is 9. The number of benzene rings is 1. The molecule has 4 rings (SSSR count). The minimum atomic E-state index is -1.99. The first-order valence-corrected chi connectivity index (χ1v) is 17.2. The van der Waals surface area contributed by atoms with Gasteiger partial charge in [-0.15, -0.1) is 0 Å². The molecule has 1 saturated heterocycles. The van der Waals surface area contributed by atoms with Gasteiger partial charge in [-0.3, -0.25) is 19.5 Å². The highest BCUT2D eigenvalue weighted by Gasteiger charge is 2.44. The summed E-state index contributed by atoms with van der Waals surface area (Å²) < 4.78 is 15.1. The number of ether oxygens (including phenoxy) is 1. The second-order valence-electron chi connectivity index (χ2n) is 12.2. The molecule has 42 heavy (non-hydrogen) atoms. The molecule has 0 spiro atoms. The molecule has 0 amide bonds. The number of fused-ring (bicyclic) bond motifs is 1. The molecule has 11 nitrogen and oxygen atoms in total. The molecule has 0 saturated carbocycles. The summed E-state index contributed by atoms with van der Waals surface area (Å²) in [6.07, 6.45) is 5.15. The summed E-state index contributed by atoms with van der Waals surface area (Å²) in [7, 11) is -1.99. The maximum atomic E-state index is 11.8. The molecular formula is C30H40N6O5Si. The molecule has 0 bridgehead atoms. The monoisotopic (exact) mass is 592 g/mol. The van der Waals surface area contributed by atoms with E-state index in [1.54, 1.807) is 18.5 Å². The van der Waals surface area contributed by atoms with E-state index >= 15 is 0 Å². The lowest BCUT2D eigenvalue weighted by Crippen LogP contribution is -2.45. The molecule has 0 aliphatic carbocycles. The van der Waals surface area contributed by atoms with Gasteiger partial charge < -0.3 is 14.5 Å². The molecule has 3 heterocycles. The van der Waals surface area contributed by atoms with Crippen LogP contribution in [0.2, 0.25) is 18.1 Å². The Kier molecular flexibility index (Phi) is 9.45. The number of aromatic nitrogens is 4. The number of carbonyl (C=O) groups excluding carboxylic acids is 1. The summed E-state index contributed by atoms with van der Waals surface area (Å²) in [6, 6.07) is 4.86. The van der Waals surface area contributed by atoms with Crippen molar-refractivity contribution in [3.8, 4) is 11.8 Å². The fraction of sp³-hybridized carbons (Fsp3) is 0.533. The first-order chi connectivity index (χ1) is 19.8. The Balaban J connectivity index is 1.51. The van der Waals surface area contributed by atoms with Crippen LogP contribution in [-0.4, -0.2) is 50.8 Å². The maximum Gasteiger partial charge on any atom is 0.275 e. The normalized spacial score (nSPS) is 19.0. The molecule has 1 N–H and O–H groups in total. The lowest BCUT2D eigenvalue weighted by Gasteiger charge is -2.39. The second-order valence-corrected chi connectivity index (χ2v) is 17.0. The van der Waals surface area contributed by atoms with Crippen molar-refractivity contribution in [2.75, 3.05) is 5.32 Å². The fourth-order valence-electron chi connectivity index (χ4n) is 4.65. The fourth-order valence-corrected chi connectivity index (χ4v) is 6.01. The average Bonchev–Trinajstić information content (AvgIpc) is 3.53. The van der Waals surface area contributed by atoms with E-state index in [0.717, 1.165) is 6.42 Å². The largest absolute Gasteiger partial charge is 0.411 e. The van der Waals surface area contributed by atoms with E-state index in [1.807, 2.05) is 4.57 Å². The van der Waals surface area contributed by atoms with Crippen molar-refractivity contribution >= 4 is 36.8 Å². The molecule has 12 heteroatoms. The highest BCUT2D eigenvalue weighted by Crippen LogP contribution is 2.42. The minimum absolute atomic E-state index is 0.0138. The highest BCUT2D eigenvalue weighted by atomic mass is 28.4. The Morgan fingerprint density at radius 2 is 2.05 bits per heavy atom. The van der Waals surface area contributed by atoms with E-state index in [4.69, 9.17) is 9.16 Å². The number of Topliss-reactive ketones (excluding diaryl/α,β-unsaturated/α-hetero) is 1. The maximum absolute atomic E-state index is 11.8. The van der Waals surface area contributed by atoms with Crippen molar-refractivity contribution in [2.24, 2.45) is 0 Å². The van der Waals surface area contributed by atoms with Crippen molar-refractivity contribution in [2.45, 2.75) is 103 Å². The van der Waals surface area contributed by atoms with E-state index in [-0.39, 0.29) is 41.5 Å². The third-order valence-electron chi connectivity index (χ3n) is 8.07. The third-order valence-corrected chi connectivity index (χ3v) is 12.6. The summed E-state index contributed by atoms with van der Waals surface area (Å²) in [4.78, 5) is 35.9. The first-order valence-electron chi connectivity index (χ1n) is 14.3. The molecule has 1 aliphatic rings. The smallest absolute Gasteiger partial charge is 0.275 e. The summed E-state index contributed by atoms with van der Waals surface area (Å²) in [5, 5.41) is 15.1. The van der Waals surface area contributed by atoms with E-state index < -0.39 is 13.2 Å². The minimum Gasteiger partial charge on any atom is -0.411 e. The number of ketones is 1. The summed E-state index contributed by atoms with van der Waals surface area (Å²) in [5.74, 6) is 6.33. The molecule has 0 radical (unpaired) electrons. The highest BCUT2D eigenvalue weighted by molar-refractivity contribution is 6.74. The summed E-state index contributed by atoms with van der Waals surface area (Å²) in [6.45, 7) is 15.0. The number of imidazole rings is 1. The Bertz CT molecular complexity index is 1520. The van der Waals surface area contributed by atoms with E-state index in [9.17, 15) is 14.9 Å². The third kappa shape index (κ3) is 7.03. The lowest BCUT2D eigenvalue weighted by molar-refractivity contribution is -0.385. The van der Waals surface area contributed by atoms with Crippen LogP contribution in [-0.2, 0) is 20.5 Å². The quantitative estimate of drug-likeness (QED) is 0.127. The van der Waals surface area contributed by atoms with Crippen molar-refractivity contribution in [3.63, 3.8) is 0 Å².